The van der Waals surface area contributed by atoms with Gasteiger partial charge in [0.25, 0.3) is 0 Å². The maximum absolute atomic E-state index is 12.2. The molecular weight excluding hydrogens is 246 g/mol. The van der Waals surface area contributed by atoms with Gasteiger partial charge in [-0.05, 0) is 26.3 Å². The van der Waals surface area contributed by atoms with E-state index in [-0.39, 0.29) is 17.9 Å². The van der Waals surface area contributed by atoms with E-state index in [2.05, 4.69) is 10.6 Å². The van der Waals surface area contributed by atoms with Crippen LogP contribution in [-0.2, 0) is 14.3 Å². The van der Waals surface area contributed by atoms with Crippen LogP contribution in [0.2, 0.25) is 0 Å². The van der Waals surface area contributed by atoms with E-state index in [1.165, 1.54) is 0 Å². The minimum Gasteiger partial charge on any atom is -0.378 e. The number of carbonyl (C=O) groups excluding carboxylic acids is 2. The summed E-state index contributed by atoms with van der Waals surface area (Å²) in [6, 6.07) is -0.608. The highest BCUT2D eigenvalue weighted by molar-refractivity contribution is 5.89. The second kappa shape index (κ2) is 6.86. The number of amides is 2. The Hall–Kier alpha value is -1.14. The molecule has 6 heteroatoms. The van der Waals surface area contributed by atoms with Crippen molar-refractivity contribution in [2.75, 3.05) is 32.8 Å². The lowest BCUT2D eigenvalue weighted by atomic mass is 10.0. The molecule has 0 saturated carbocycles. The van der Waals surface area contributed by atoms with Crippen molar-refractivity contribution in [2.24, 2.45) is 0 Å². The van der Waals surface area contributed by atoms with Gasteiger partial charge in [0.15, 0.2) is 0 Å². The third kappa shape index (κ3) is 3.91. The molecular formula is C13H23N3O3. The van der Waals surface area contributed by atoms with Crippen molar-refractivity contribution in [1.29, 1.82) is 0 Å². The highest BCUT2D eigenvalue weighted by Crippen LogP contribution is 2.07. The van der Waals surface area contributed by atoms with Gasteiger partial charge in [-0.3, -0.25) is 9.59 Å². The van der Waals surface area contributed by atoms with Crippen LogP contribution in [0.4, 0.5) is 0 Å². The van der Waals surface area contributed by atoms with Crippen molar-refractivity contribution in [3.05, 3.63) is 0 Å². The monoisotopic (exact) mass is 269 g/mol. The van der Waals surface area contributed by atoms with Gasteiger partial charge >= 0.3 is 0 Å². The molecule has 6 nitrogen and oxygen atoms in total. The Balaban J connectivity index is 1.80. The van der Waals surface area contributed by atoms with Crippen molar-refractivity contribution < 1.29 is 14.3 Å². The maximum Gasteiger partial charge on any atom is 0.245 e. The molecule has 2 amide bonds. The molecule has 0 aromatic carbocycles. The number of rotatable bonds is 3. The highest BCUT2D eigenvalue weighted by atomic mass is 16.5. The fourth-order valence-corrected chi connectivity index (χ4v) is 2.51. The normalized spacial score (nSPS) is 25.7. The molecule has 0 radical (unpaired) electrons. The summed E-state index contributed by atoms with van der Waals surface area (Å²) >= 11 is 0. The van der Waals surface area contributed by atoms with Crippen LogP contribution in [0.25, 0.3) is 0 Å². The molecule has 2 saturated heterocycles. The summed E-state index contributed by atoms with van der Waals surface area (Å²) in [5, 5.41) is 6.00. The van der Waals surface area contributed by atoms with Crippen LogP contribution in [0.15, 0.2) is 0 Å². The molecule has 0 spiro atoms. The fourth-order valence-electron chi connectivity index (χ4n) is 2.51. The van der Waals surface area contributed by atoms with Gasteiger partial charge < -0.3 is 20.3 Å². The Kier molecular flexibility index (Phi) is 5.15. The van der Waals surface area contributed by atoms with E-state index in [1.54, 1.807) is 11.8 Å². The SMILES string of the molecule is CC(NC(=O)[C@H]1CCCCN1)C(=O)N1CCOCC1. The average molecular weight is 269 g/mol. The summed E-state index contributed by atoms with van der Waals surface area (Å²) in [7, 11) is 0. The fraction of sp³-hybridized carbons (Fsp3) is 0.846. The van der Waals surface area contributed by atoms with Gasteiger partial charge in [0.1, 0.15) is 6.04 Å². The zero-order valence-electron chi connectivity index (χ0n) is 11.5. The number of hydrogen-bond donors (Lipinski definition) is 2. The quantitative estimate of drug-likeness (QED) is 0.724. The number of morpholine rings is 1. The van der Waals surface area contributed by atoms with Gasteiger partial charge in [-0.2, -0.15) is 0 Å². The van der Waals surface area contributed by atoms with Crippen LogP contribution in [0, 0.1) is 0 Å². The number of hydrogen-bond acceptors (Lipinski definition) is 4. The van der Waals surface area contributed by atoms with Crippen LogP contribution in [0.5, 0.6) is 0 Å². The lowest BCUT2D eigenvalue weighted by Crippen LogP contribution is -2.54. The number of nitrogens with zero attached hydrogens (tertiary/aromatic N) is 1. The van der Waals surface area contributed by atoms with Crippen molar-refractivity contribution in [3.8, 4) is 0 Å². The van der Waals surface area contributed by atoms with Crippen LogP contribution >= 0.6 is 0 Å². The minimum atomic E-state index is -0.464. The molecule has 2 fully saturated rings. The van der Waals surface area contributed by atoms with Crippen molar-refractivity contribution >= 4 is 11.8 Å². The zero-order chi connectivity index (χ0) is 13.7. The summed E-state index contributed by atoms with van der Waals surface area (Å²) in [4.78, 5) is 25.9. The highest BCUT2D eigenvalue weighted by Gasteiger charge is 2.27. The van der Waals surface area contributed by atoms with Crippen LogP contribution in [0.1, 0.15) is 26.2 Å². The Morgan fingerprint density at radius 2 is 2.05 bits per heavy atom. The molecule has 1 unspecified atom stereocenters. The average Bonchev–Trinajstić information content (AvgIpc) is 2.48. The van der Waals surface area contributed by atoms with Crippen LogP contribution in [-0.4, -0.2) is 61.6 Å². The molecule has 0 aromatic rings. The van der Waals surface area contributed by atoms with E-state index in [9.17, 15) is 9.59 Å². The first kappa shape index (κ1) is 14.3. The number of carbonyl (C=O) groups is 2. The zero-order valence-corrected chi connectivity index (χ0v) is 11.5. The Labute approximate surface area is 113 Å². The van der Waals surface area contributed by atoms with Gasteiger partial charge in [-0.1, -0.05) is 6.42 Å². The number of nitrogens with one attached hydrogen (secondary N) is 2. The standard InChI is InChI=1S/C13H23N3O3/c1-10(13(18)16-6-8-19-9-7-16)15-12(17)11-4-2-3-5-14-11/h10-11,14H,2-9H2,1H3,(H,15,17)/t10?,11-/m1/s1. The van der Waals surface area contributed by atoms with E-state index >= 15 is 0 Å². The first-order chi connectivity index (χ1) is 9.18. The number of ether oxygens (including phenoxy) is 1. The van der Waals surface area contributed by atoms with Crippen molar-refractivity contribution in [3.63, 3.8) is 0 Å². The first-order valence-corrected chi connectivity index (χ1v) is 7.09. The van der Waals surface area contributed by atoms with E-state index in [4.69, 9.17) is 4.74 Å². The van der Waals surface area contributed by atoms with Gasteiger partial charge in [0.2, 0.25) is 11.8 Å². The third-order valence-corrected chi connectivity index (χ3v) is 3.68. The van der Waals surface area contributed by atoms with Gasteiger partial charge in [-0.25, -0.2) is 0 Å². The summed E-state index contributed by atoms with van der Waals surface area (Å²) in [5.74, 6) is -0.0822. The van der Waals surface area contributed by atoms with Gasteiger partial charge in [-0.15, -0.1) is 0 Å². The molecule has 19 heavy (non-hydrogen) atoms. The summed E-state index contributed by atoms with van der Waals surface area (Å²) < 4.78 is 5.21. The largest absolute Gasteiger partial charge is 0.378 e. The third-order valence-electron chi connectivity index (χ3n) is 3.68. The molecule has 2 heterocycles. The molecule has 108 valence electrons. The Bertz CT molecular complexity index is 323. The van der Waals surface area contributed by atoms with Crippen molar-refractivity contribution in [1.82, 2.24) is 15.5 Å². The summed E-state index contributed by atoms with van der Waals surface area (Å²) in [6.45, 7) is 5.01. The smallest absolute Gasteiger partial charge is 0.245 e. The Morgan fingerprint density at radius 3 is 2.68 bits per heavy atom. The van der Waals surface area contributed by atoms with Crippen LogP contribution < -0.4 is 10.6 Å². The van der Waals surface area contributed by atoms with E-state index in [0.717, 1.165) is 25.8 Å². The maximum atomic E-state index is 12.2. The number of piperidine rings is 1. The molecule has 2 aliphatic rings. The lowest BCUT2D eigenvalue weighted by Gasteiger charge is -2.30. The second-order valence-corrected chi connectivity index (χ2v) is 5.17. The Morgan fingerprint density at radius 1 is 1.32 bits per heavy atom. The van der Waals surface area contributed by atoms with Crippen LogP contribution in [0.3, 0.4) is 0 Å². The van der Waals surface area contributed by atoms with E-state index < -0.39 is 6.04 Å². The second-order valence-electron chi connectivity index (χ2n) is 5.17. The minimum absolute atomic E-state index is 0.0209. The molecule has 2 N–H and O–H groups in total. The topological polar surface area (TPSA) is 70.7 Å². The van der Waals surface area contributed by atoms with Crippen molar-refractivity contribution in [2.45, 2.75) is 38.3 Å². The van der Waals surface area contributed by atoms with E-state index in [0.29, 0.717) is 26.3 Å². The van der Waals surface area contributed by atoms with Gasteiger partial charge in [0, 0.05) is 13.1 Å². The first-order valence-electron chi connectivity index (χ1n) is 7.09. The molecule has 2 aliphatic heterocycles. The lowest BCUT2D eigenvalue weighted by molar-refractivity contribution is -0.139. The molecule has 0 aromatic heterocycles. The summed E-state index contributed by atoms with van der Waals surface area (Å²) in [5.41, 5.74) is 0. The predicted octanol–water partition coefficient (Wildman–Crippen LogP) is -0.508. The molecule has 0 aliphatic carbocycles. The molecule has 2 rings (SSSR count). The van der Waals surface area contributed by atoms with E-state index in [1.807, 2.05) is 0 Å². The predicted molar refractivity (Wildman–Crippen MR) is 70.6 cm³/mol. The van der Waals surface area contributed by atoms with Gasteiger partial charge in [0.05, 0.1) is 19.3 Å². The summed E-state index contributed by atoms with van der Waals surface area (Å²) in [6.07, 6.45) is 3.03. The molecule has 2 atom stereocenters. The molecule has 0 bridgehead atoms.